The minimum atomic E-state index is 0.182. The molecule has 19 heavy (non-hydrogen) atoms. The first kappa shape index (κ1) is 14.6. The van der Waals surface area contributed by atoms with Crippen molar-refractivity contribution in [3.63, 3.8) is 0 Å². The summed E-state index contributed by atoms with van der Waals surface area (Å²) in [5.74, 6) is 1.44. The van der Waals surface area contributed by atoms with Crippen LogP contribution in [-0.4, -0.2) is 10.2 Å². The topological polar surface area (TPSA) is 35.0 Å². The fourth-order valence-corrected chi connectivity index (χ4v) is 2.24. The van der Waals surface area contributed by atoms with Crippen LogP contribution in [-0.2, 0) is 0 Å². The molecule has 6 heteroatoms. The van der Waals surface area contributed by atoms with E-state index in [9.17, 15) is 0 Å². The van der Waals surface area contributed by atoms with E-state index >= 15 is 0 Å². The van der Waals surface area contributed by atoms with Gasteiger partial charge in [0.05, 0.1) is 0 Å². The fourth-order valence-electron chi connectivity index (χ4n) is 1.59. The van der Waals surface area contributed by atoms with Crippen molar-refractivity contribution in [2.45, 2.75) is 19.8 Å². The molecule has 1 aromatic carbocycles. The molecule has 0 radical (unpaired) electrons. The van der Waals surface area contributed by atoms with Gasteiger partial charge in [0.2, 0.25) is 0 Å². The maximum atomic E-state index is 5.94. The number of ether oxygens (including phenoxy) is 1. The van der Waals surface area contributed by atoms with Gasteiger partial charge in [-0.1, -0.05) is 53.0 Å². The molecule has 0 atom stereocenters. The summed E-state index contributed by atoms with van der Waals surface area (Å²) < 4.78 is 6.80. The van der Waals surface area contributed by atoms with E-state index < -0.39 is 0 Å². The molecule has 0 saturated heterocycles. The summed E-state index contributed by atoms with van der Waals surface area (Å²) in [6.07, 6.45) is 0. The maximum absolute atomic E-state index is 5.94. The summed E-state index contributed by atoms with van der Waals surface area (Å²) in [4.78, 5) is 0. The molecule has 0 bridgehead atoms. The lowest BCUT2D eigenvalue weighted by atomic mass is 10.0. The molecule has 1 aromatic heterocycles. The van der Waals surface area contributed by atoms with Crippen LogP contribution in [0.15, 0.2) is 28.7 Å². The molecule has 3 nitrogen and oxygen atoms in total. The number of aromatic nitrogens is 2. The average Bonchev–Trinajstić information content (AvgIpc) is 2.35. The Morgan fingerprint density at radius 1 is 1.11 bits per heavy atom. The molecular formula is C13H11BrCl2N2O. The fraction of sp³-hybridized carbons (Fsp3) is 0.231. The highest BCUT2D eigenvalue weighted by atomic mass is 79.9. The number of hydrogen-bond donors (Lipinski definition) is 0. The number of rotatable bonds is 3. The van der Waals surface area contributed by atoms with E-state index in [2.05, 4.69) is 40.0 Å². The lowest BCUT2D eigenvalue weighted by Crippen LogP contribution is -1.96. The predicted octanol–water partition coefficient (Wildman–Crippen LogP) is 5.46. The van der Waals surface area contributed by atoms with E-state index in [1.165, 1.54) is 0 Å². The molecule has 1 heterocycles. The molecule has 0 aliphatic heterocycles. The SMILES string of the molecule is CC(C)c1cc(Br)ccc1Oc1cc(Cl)nnc1Cl. The summed E-state index contributed by atoms with van der Waals surface area (Å²) in [7, 11) is 0. The Kier molecular flexibility index (Phi) is 4.66. The minimum Gasteiger partial charge on any atom is -0.454 e. The first-order chi connectivity index (χ1) is 8.97. The molecule has 2 rings (SSSR count). The summed E-state index contributed by atoms with van der Waals surface area (Å²) >= 11 is 15.2. The lowest BCUT2D eigenvalue weighted by molar-refractivity contribution is 0.469. The Morgan fingerprint density at radius 2 is 1.84 bits per heavy atom. The van der Waals surface area contributed by atoms with Gasteiger partial charge in [0.15, 0.2) is 16.1 Å². The highest BCUT2D eigenvalue weighted by molar-refractivity contribution is 9.10. The monoisotopic (exact) mass is 360 g/mol. The van der Waals surface area contributed by atoms with E-state index in [4.69, 9.17) is 27.9 Å². The van der Waals surface area contributed by atoms with Gasteiger partial charge in [-0.2, -0.15) is 0 Å². The van der Waals surface area contributed by atoms with Gasteiger partial charge in [-0.25, -0.2) is 0 Å². The molecule has 0 N–H and O–H groups in total. The first-order valence-electron chi connectivity index (χ1n) is 5.63. The van der Waals surface area contributed by atoms with Crippen LogP contribution in [0.25, 0.3) is 0 Å². The Hall–Kier alpha value is -0.840. The smallest absolute Gasteiger partial charge is 0.194 e. The van der Waals surface area contributed by atoms with Crippen molar-refractivity contribution >= 4 is 39.1 Å². The van der Waals surface area contributed by atoms with E-state index in [1.54, 1.807) is 6.07 Å². The van der Waals surface area contributed by atoms with Gasteiger partial charge in [-0.3, -0.25) is 0 Å². The van der Waals surface area contributed by atoms with Crippen molar-refractivity contribution in [1.82, 2.24) is 10.2 Å². The molecule has 0 fully saturated rings. The Morgan fingerprint density at radius 3 is 2.53 bits per heavy atom. The molecule has 0 saturated carbocycles. The molecule has 100 valence electrons. The van der Waals surface area contributed by atoms with Gasteiger partial charge in [0, 0.05) is 10.5 Å². The maximum Gasteiger partial charge on any atom is 0.194 e. The lowest BCUT2D eigenvalue weighted by Gasteiger charge is -2.14. The van der Waals surface area contributed by atoms with E-state index in [0.29, 0.717) is 11.7 Å². The van der Waals surface area contributed by atoms with Crippen LogP contribution >= 0.6 is 39.1 Å². The quantitative estimate of drug-likeness (QED) is 0.727. The van der Waals surface area contributed by atoms with E-state index in [-0.39, 0.29) is 10.3 Å². The van der Waals surface area contributed by atoms with Gasteiger partial charge in [0.25, 0.3) is 0 Å². The second-order valence-electron chi connectivity index (χ2n) is 4.26. The first-order valence-corrected chi connectivity index (χ1v) is 7.18. The van der Waals surface area contributed by atoms with Crippen molar-refractivity contribution in [2.24, 2.45) is 0 Å². The summed E-state index contributed by atoms with van der Waals surface area (Å²) in [6, 6.07) is 7.35. The molecule has 0 unspecified atom stereocenters. The Balaban J connectivity index is 2.40. The second kappa shape index (κ2) is 6.07. The molecule has 0 aliphatic rings. The van der Waals surface area contributed by atoms with Crippen molar-refractivity contribution in [3.05, 3.63) is 44.6 Å². The number of halogens is 3. The van der Waals surface area contributed by atoms with Crippen LogP contribution in [0.2, 0.25) is 10.3 Å². The average molecular weight is 362 g/mol. The van der Waals surface area contributed by atoms with E-state index in [0.717, 1.165) is 15.8 Å². The van der Waals surface area contributed by atoms with Gasteiger partial charge < -0.3 is 4.74 Å². The number of benzene rings is 1. The van der Waals surface area contributed by atoms with Crippen LogP contribution in [0.4, 0.5) is 0 Å². The van der Waals surface area contributed by atoms with Crippen molar-refractivity contribution in [3.8, 4) is 11.5 Å². The third-order valence-corrected chi connectivity index (χ3v) is 3.44. The van der Waals surface area contributed by atoms with Crippen LogP contribution in [0, 0.1) is 0 Å². The number of hydrogen-bond acceptors (Lipinski definition) is 3. The highest BCUT2D eigenvalue weighted by Gasteiger charge is 2.12. The highest BCUT2D eigenvalue weighted by Crippen LogP contribution is 2.35. The Labute approximate surface area is 130 Å². The Bertz CT molecular complexity index is 605. The van der Waals surface area contributed by atoms with Gasteiger partial charge >= 0.3 is 0 Å². The normalized spacial score (nSPS) is 10.8. The standard InChI is InChI=1S/C13H11BrCl2N2O/c1-7(2)9-5-8(14)3-4-10(9)19-11-6-12(15)17-18-13(11)16/h3-7H,1-2H3. The second-order valence-corrected chi connectivity index (χ2v) is 5.92. The van der Waals surface area contributed by atoms with Crippen LogP contribution in [0.1, 0.15) is 25.3 Å². The minimum absolute atomic E-state index is 0.182. The largest absolute Gasteiger partial charge is 0.454 e. The van der Waals surface area contributed by atoms with Crippen molar-refractivity contribution in [1.29, 1.82) is 0 Å². The van der Waals surface area contributed by atoms with Crippen LogP contribution < -0.4 is 4.74 Å². The molecule has 0 spiro atoms. The summed E-state index contributed by atoms with van der Waals surface area (Å²) in [5, 5.41) is 7.79. The molecule has 2 aromatic rings. The predicted molar refractivity (Wildman–Crippen MR) is 80.4 cm³/mol. The number of nitrogens with zero attached hydrogens (tertiary/aromatic N) is 2. The zero-order chi connectivity index (χ0) is 14.0. The molecule has 0 amide bonds. The van der Waals surface area contributed by atoms with Gasteiger partial charge in [-0.15, -0.1) is 10.2 Å². The molecular weight excluding hydrogens is 351 g/mol. The van der Waals surface area contributed by atoms with Crippen LogP contribution in [0.5, 0.6) is 11.5 Å². The zero-order valence-corrected chi connectivity index (χ0v) is 13.4. The molecule has 0 aliphatic carbocycles. The van der Waals surface area contributed by atoms with Crippen molar-refractivity contribution in [2.75, 3.05) is 0 Å². The van der Waals surface area contributed by atoms with E-state index in [1.807, 2.05) is 18.2 Å². The summed E-state index contributed by atoms with van der Waals surface area (Å²) in [5.41, 5.74) is 1.07. The van der Waals surface area contributed by atoms with Gasteiger partial charge in [0.1, 0.15) is 5.75 Å². The zero-order valence-electron chi connectivity index (χ0n) is 10.3. The summed E-state index contributed by atoms with van der Waals surface area (Å²) in [6.45, 7) is 4.18. The van der Waals surface area contributed by atoms with Crippen molar-refractivity contribution < 1.29 is 4.74 Å². The van der Waals surface area contributed by atoms with Crippen LogP contribution in [0.3, 0.4) is 0 Å². The third-order valence-electron chi connectivity index (χ3n) is 2.50. The van der Waals surface area contributed by atoms with Gasteiger partial charge in [-0.05, 0) is 29.7 Å². The third kappa shape index (κ3) is 3.59.